The Kier molecular flexibility index (Phi) is 4.24. The number of aryl methyl sites for hydroxylation is 2. The van der Waals surface area contributed by atoms with Crippen molar-refractivity contribution in [1.29, 1.82) is 0 Å². The van der Waals surface area contributed by atoms with Crippen LogP contribution in [0.5, 0.6) is 0 Å². The molecule has 18 heavy (non-hydrogen) atoms. The van der Waals surface area contributed by atoms with Gasteiger partial charge in [0, 0.05) is 12.4 Å². The van der Waals surface area contributed by atoms with Gasteiger partial charge < -0.3 is 0 Å². The lowest BCUT2D eigenvalue weighted by Gasteiger charge is -2.06. The van der Waals surface area contributed by atoms with Crippen molar-refractivity contribution in [2.45, 2.75) is 26.7 Å². The van der Waals surface area contributed by atoms with E-state index in [4.69, 9.17) is 11.6 Å². The second-order valence-corrected chi connectivity index (χ2v) is 5.08. The van der Waals surface area contributed by atoms with Crippen molar-refractivity contribution in [3.63, 3.8) is 0 Å². The van der Waals surface area contributed by atoms with Gasteiger partial charge in [-0.1, -0.05) is 24.9 Å². The molecule has 0 aliphatic rings. The van der Waals surface area contributed by atoms with Crippen molar-refractivity contribution in [3.05, 3.63) is 33.3 Å². The Balaban J connectivity index is 2.48. The lowest BCUT2D eigenvalue weighted by Crippen LogP contribution is -2.01. The van der Waals surface area contributed by atoms with Crippen molar-refractivity contribution in [3.8, 4) is 11.6 Å². The van der Waals surface area contributed by atoms with Gasteiger partial charge in [-0.15, -0.1) is 0 Å². The van der Waals surface area contributed by atoms with Crippen LogP contribution in [0.15, 0.2) is 16.9 Å². The summed E-state index contributed by atoms with van der Waals surface area (Å²) in [6.45, 7) is 4.02. The van der Waals surface area contributed by atoms with Crippen molar-refractivity contribution < 1.29 is 0 Å². The SMILES string of the molecule is CCCc1nc(-c2ncc(C)cn2)nc(Cl)c1Br. The standard InChI is InChI=1S/C12H12BrClN4/c1-3-4-8-9(13)10(14)18-12(17-8)11-15-5-7(2)6-16-11/h5-6H,3-4H2,1-2H3. The molecule has 2 aromatic heterocycles. The molecule has 0 bridgehead atoms. The summed E-state index contributed by atoms with van der Waals surface area (Å²) in [5, 5.41) is 0.396. The fraction of sp³-hybridized carbons (Fsp3) is 0.333. The van der Waals surface area contributed by atoms with Gasteiger partial charge in [-0.2, -0.15) is 0 Å². The molecule has 0 radical (unpaired) electrons. The van der Waals surface area contributed by atoms with Crippen LogP contribution < -0.4 is 0 Å². The fourth-order valence-electron chi connectivity index (χ4n) is 1.47. The van der Waals surface area contributed by atoms with E-state index in [0.29, 0.717) is 16.8 Å². The quantitative estimate of drug-likeness (QED) is 0.808. The van der Waals surface area contributed by atoms with Crippen LogP contribution in [-0.4, -0.2) is 19.9 Å². The number of hydrogen-bond acceptors (Lipinski definition) is 4. The Morgan fingerprint density at radius 2 is 1.83 bits per heavy atom. The molecule has 0 aliphatic carbocycles. The van der Waals surface area contributed by atoms with Gasteiger partial charge in [-0.05, 0) is 34.8 Å². The molecule has 0 fully saturated rings. The molecule has 0 spiro atoms. The highest BCUT2D eigenvalue weighted by Crippen LogP contribution is 2.26. The molecule has 6 heteroatoms. The maximum atomic E-state index is 6.08. The van der Waals surface area contributed by atoms with E-state index < -0.39 is 0 Å². The minimum Gasteiger partial charge on any atom is -0.234 e. The first-order valence-corrected chi connectivity index (χ1v) is 6.79. The zero-order valence-electron chi connectivity index (χ0n) is 10.1. The van der Waals surface area contributed by atoms with E-state index in [1.807, 2.05) is 6.92 Å². The average molecular weight is 328 g/mol. The van der Waals surface area contributed by atoms with Gasteiger partial charge in [0.15, 0.2) is 11.6 Å². The number of rotatable bonds is 3. The van der Waals surface area contributed by atoms with Crippen LogP contribution in [0.1, 0.15) is 24.6 Å². The average Bonchev–Trinajstić information content (AvgIpc) is 2.36. The summed E-state index contributed by atoms with van der Waals surface area (Å²) in [4.78, 5) is 17.1. The fourth-order valence-corrected chi connectivity index (χ4v) is 2.04. The molecular weight excluding hydrogens is 316 g/mol. The minimum absolute atomic E-state index is 0.396. The molecule has 0 aromatic carbocycles. The van der Waals surface area contributed by atoms with Gasteiger partial charge in [-0.25, -0.2) is 19.9 Å². The number of nitrogens with zero attached hydrogens (tertiary/aromatic N) is 4. The van der Waals surface area contributed by atoms with E-state index in [9.17, 15) is 0 Å². The first kappa shape index (κ1) is 13.4. The summed E-state index contributed by atoms with van der Waals surface area (Å²) in [6.07, 6.45) is 5.30. The summed E-state index contributed by atoms with van der Waals surface area (Å²) in [6, 6.07) is 0. The normalized spacial score (nSPS) is 10.7. The summed E-state index contributed by atoms with van der Waals surface area (Å²) in [5.41, 5.74) is 1.88. The van der Waals surface area contributed by atoms with Gasteiger partial charge in [0.2, 0.25) is 0 Å². The Morgan fingerprint density at radius 3 is 2.44 bits per heavy atom. The van der Waals surface area contributed by atoms with E-state index in [-0.39, 0.29) is 0 Å². The first-order chi connectivity index (χ1) is 8.61. The van der Waals surface area contributed by atoms with Crippen LogP contribution in [0, 0.1) is 6.92 Å². The second kappa shape index (κ2) is 5.71. The molecule has 2 rings (SSSR count). The van der Waals surface area contributed by atoms with Crippen molar-refractivity contribution in [1.82, 2.24) is 19.9 Å². The number of halogens is 2. The number of hydrogen-bond donors (Lipinski definition) is 0. The molecule has 0 saturated heterocycles. The molecule has 0 unspecified atom stereocenters. The summed E-state index contributed by atoms with van der Waals surface area (Å²) in [5.74, 6) is 0.957. The number of aromatic nitrogens is 4. The smallest absolute Gasteiger partial charge is 0.199 e. The monoisotopic (exact) mass is 326 g/mol. The zero-order chi connectivity index (χ0) is 13.1. The Labute approximate surface area is 119 Å². The third-order valence-electron chi connectivity index (χ3n) is 2.35. The van der Waals surface area contributed by atoms with Gasteiger partial charge in [0.1, 0.15) is 5.15 Å². The Morgan fingerprint density at radius 1 is 1.17 bits per heavy atom. The molecule has 0 atom stereocenters. The van der Waals surface area contributed by atoms with Crippen molar-refractivity contribution in [2.75, 3.05) is 0 Å². The van der Waals surface area contributed by atoms with E-state index in [2.05, 4.69) is 42.8 Å². The highest BCUT2D eigenvalue weighted by Gasteiger charge is 2.13. The van der Waals surface area contributed by atoms with Crippen LogP contribution >= 0.6 is 27.5 Å². The predicted molar refractivity (Wildman–Crippen MR) is 74.5 cm³/mol. The lowest BCUT2D eigenvalue weighted by molar-refractivity contribution is 0.864. The van der Waals surface area contributed by atoms with E-state index >= 15 is 0 Å². The molecule has 0 amide bonds. The first-order valence-electron chi connectivity index (χ1n) is 5.62. The molecule has 0 aliphatic heterocycles. The van der Waals surface area contributed by atoms with Crippen LogP contribution in [0.3, 0.4) is 0 Å². The molecule has 0 N–H and O–H groups in total. The molecule has 2 heterocycles. The predicted octanol–water partition coefficient (Wildman–Crippen LogP) is 3.61. The van der Waals surface area contributed by atoms with E-state index in [1.54, 1.807) is 12.4 Å². The van der Waals surface area contributed by atoms with Gasteiger partial charge in [-0.3, -0.25) is 0 Å². The molecule has 0 saturated carbocycles. The molecule has 2 aromatic rings. The van der Waals surface area contributed by atoms with Gasteiger partial charge in [0.25, 0.3) is 0 Å². The summed E-state index contributed by atoms with van der Waals surface area (Å²) < 4.78 is 0.752. The van der Waals surface area contributed by atoms with Gasteiger partial charge in [0.05, 0.1) is 10.2 Å². The summed E-state index contributed by atoms with van der Waals surface area (Å²) >= 11 is 9.48. The third-order valence-corrected chi connectivity index (χ3v) is 3.68. The molecule has 94 valence electrons. The van der Waals surface area contributed by atoms with E-state index in [1.165, 1.54) is 0 Å². The van der Waals surface area contributed by atoms with Crippen LogP contribution in [-0.2, 0) is 6.42 Å². The topological polar surface area (TPSA) is 51.6 Å². The maximum Gasteiger partial charge on any atom is 0.199 e. The zero-order valence-corrected chi connectivity index (χ0v) is 12.5. The lowest BCUT2D eigenvalue weighted by atomic mass is 10.2. The molecule has 4 nitrogen and oxygen atoms in total. The highest BCUT2D eigenvalue weighted by atomic mass is 79.9. The second-order valence-electron chi connectivity index (χ2n) is 3.93. The third kappa shape index (κ3) is 2.84. The van der Waals surface area contributed by atoms with Crippen molar-refractivity contribution >= 4 is 27.5 Å². The Bertz CT molecular complexity index is 557. The van der Waals surface area contributed by atoms with Crippen LogP contribution in [0.2, 0.25) is 5.15 Å². The highest BCUT2D eigenvalue weighted by molar-refractivity contribution is 9.10. The van der Waals surface area contributed by atoms with Crippen molar-refractivity contribution in [2.24, 2.45) is 0 Å². The molecular formula is C12H12BrClN4. The van der Waals surface area contributed by atoms with Gasteiger partial charge >= 0.3 is 0 Å². The largest absolute Gasteiger partial charge is 0.234 e. The van der Waals surface area contributed by atoms with Crippen LogP contribution in [0.4, 0.5) is 0 Å². The Hall–Kier alpha value is -1.07. The van der Waals surface area contributed by atoms with Crippen LogP contribution in [0.25, 0.3) is 11.6 Å². The summed E-state index contributed by atoms with van der Waals surface area (Å²) in [7, 11) is 0. The minimum atomic E-state index is 0.396. The van der Waals surface area contributed by atoms with E-state index in [0.717, 1.165) is 28.6 Å². The maximum absolute atomic E-state index is 6.08.